The van der Waals surface area contributed by atoms with Gasteiger partial charge in [-0.25, -0.2) is 26.5 Å². The van der Waals surface area contributed by atoms with Crippen molar-refractivity contribution in [1.82, 2.24) is 39.9 Å². The number of β-amino-alcohol motifs (C(OH)–C–C–N with tert-alkyl or cyclic N) is 1. The van der Waals surface area contributed by atoms with Gasteiger partial charge in [-0.2, -0.15) is 13.2 Å². The third kappa shape index (κ3) is 19.5. The Morgan fingerprint density at radius 3 is 2.10 bits per heavy atom. The summed E-state index contributed by atoms with van der Waals surface area (Å²) < 4.78 is 100. The zero-order valence-electron chi connectivity index (χ0n) is 58.4. The summed E-state index contributed by atoms with van der Waals surface area (Å²) in [7, 11) is -11.2. The molecule has 0 bridgehead atoms. The van der Waals surface area contributed by atoms with Crippen LogP contribution in [-0.2, 0) is 39.0 Å². The largest absolute Gasteiger partial charge is 0.501 e. The first-order valence-electron chi connectivity index (χ1n) is 34.3. The van der Waals surface area contributed by atoms with E-state index in [-0.39, 0.29) is 68.0 Å². The standard InChI is InChI=1S/C74H90ClF3N10O10S4/c1-48(50-13-15-52(16-14-50)67-49(2)79-47-100-67)80-70(93)63-41-58(89)45-88(63)71(94)68(72(3,4)5)82-65(90)27-28-66(91)87-39-33-84(34-40-87)32-30-56(46-99-59-11-9-8-10-12-59)81-62-26-25-60(42-64(62)101(95,96)74(76,77)78)102(97,98)83-69(92)53-19-23-57(24-20-53)86-37-35-85(36-38-86)44-54-43-73(6,7)31-29-61(54)51-17-21-55(75)22-18-51/h8-26,42,47-48,56,58,63,68,81,89H,27-41,43-46H2,1-7H3,(H,80,93)(H,82,90)(H,83,92)/t48-,56?,58+,63-,68?/m0/s1. The molecule has 28 heteroatoms. The molecule has 1 aromatic heterocycles. The number of sulfonamides is 1. The van der Waals surface area contributed by atoms with E-state index < -0.39 is 100 Å². The number of halogens is 4. The molecule has 3 fully saturated rings. The lowest BCUT2D eigenvalue weighted by molar-refractivity contribution is -0.144. The minimum Gasteiger partial charge on any atom is -0.391 e. The van der Waals surface area contributed by atoms with E-state index >= 15 is 0 Å². The number of carbonyl (C=O) groups excluding carboxylic acids is 5. The highest BCUT2D eigenvalue weighted by Crippen LogP contribution is 2.44. The van der Waals surface area contributed by atoms with E-state index in [4.69, 9.17) is 11.6 Å². The van der Waals surface area contributed by atoms with Crippen LogP contribution in [0.15, 0.2) is 147 Å². The number of aliphatic hydroxyl groups is 1. The van der Waals surface area contributed by atoms with Gasteiger partial charge in [-0.05, 0) is 139 Å². The topological polar surface area (TPSA) is 251 Å². The zero-order chi connectivity index (χ0) is 73.5. The fourth-order valence-electron chi connectivity index (χ4n) is 13.5. The van der Waals surface area contributed by atoms with Gasteiger partial charge in [0, 0.05) is 124 Å². The molecule has 0 radical (unpaired) electrons. The Bertz CT molecular complexity index is 4240. The highest BCUT2D eigenvalue weighted by molar-refractivity contribution is 7.99. The number of thiazole rings is 1. The number of sulfone groups is 1. The first-order chi connectivity index (χ1) is 48.2. The number of aliphatic hydroxyl groups excluding tert-OH is 1. The van der Waals surface area contributed by atoms with E-state index in [9.17, 15) is 59.1 Å². The van der Waals surface area contributed by atoms with E-state index in [1.165, 1.54) is 56.8 Å². The monoisotopic (exact) mass is 1500 g/mol. The fraction of sp³-hybridized carbons (Fsp3) is 0.459. The summed E-state index contributed by atoms with van der Waals surface area (Å²) in [5.41, 5.74) is 2.28. The Morgan fingerprint density at radius 2 is 1.46 bits per heavy atom. The van der Waals surface area contributed by atoms with Crippen LogP contribution >= 0.6 is 34.7 Å². The fourth-order valence-corrected chi connectivity index (χ4v) is 17.5. The summed E-state index contributed by atoms with van der Waals surface area (Å²) in [5, 5.41) is 20.3. The van der Waals surface area contributed by atoms with Crippen molar-refractivity contribution in [3.8, 4) is 10.4 Å². The van der Waals surface area contributed by atoms with E-state index in [1.54, 1.807) is 43.3 Å². The first-order valence-corrected chi connectivity index (χ1v) is 39.5. The van der Waals surface area contributed by atoms with E-state index in [1.807, 2.05) is 90.2 Å². The number of rotatable bonds is 25. The van der Waals surface area contributed by atoms with Gasteiger partial charge in [-0.1, -0.05) is 106 Å². The maximum atomic E-state index is 14.6. The minimum atomic E-state index is -6.21. The van der Waals surface area contributed by atoms with E-state index in [0.717, 1.165) is 83.3 Å². The van der Waals surface area contributed by atoms with Crippen molar-refractivity contribution in [3.63, 3.8) is 0 Å². The highest BCUT2D eigenvalue weighted by atomic mass is 35.5. The predicted octanol–water partition coefficient (Wildman–Crippen LogP) is 11.2. The number of hydrogen-bond donors (Lipinski definition) is 5. The Morgan fingerprint density at radius 1 is 0.804 bits per heavy atom. The smallest absolute Gasteiger partial charge is 0.391 e. The molecule has 102 heavy (non-hydrogen) atoms. The van der Waals surface area contributed by atoms with Crippen molar-refractivity contribution >= 4 is 101 Å². The molecule has 5 aromatic carbocycles. The lowest BCUT2D eigenvalue weighted by Crippen LogP contribution is -2.58. The SMILES string of the molecule is Cc1ncsc1-c1ccc([C@H](C)NC(=O)[C@@H]2C[C@@H](O)CN2C(=O)C(NC(=O)CCC(=O)N2CCN(CCC(CSc3ccccc3)Nc3ccc(S(=O)(=O)NC(=O)c4ccc(N5CCN(CC6=C(c7ccc(Cl)cc7)CCC(C)(C)C6)CC5)cc4)cc3S(=O)(=O)C(F)(F)F)CC2)C(C)(C)C)cc1. The molecule has 5 atom stereocenters. The maximum Gasteiger partial charge on any atom is 0.501 e. The number of amides is 5. The molecule has 3 saturated heterocycles. The third-order valence-corrected chi connectivity index (χ3v) is 24.7. The van der Waals surface area contributed by atoms with Gasteiger partial charge in [0.05, 0.1) is 38.8 Å². The number of nitrogens with one attached hydrogen (secondary N) is 4. The number of hydrogen-bond acceptors (Lipinski definition) is 17. The van der Waals surface area contributed by atoms with Gasteiger partial charge in [-0.15, -0.1) is 23.1 Å². The molecule has 2 unspecified atom stereocenters. The number of benzene rings is 5. The number of allylic oxidation sites excluding steroid dienone is 1. The number of carbonyl (C=O) groups is 5. The van der Waals surface area contributed by atoms with Crippen LogP contribution < -0.4 is 25.6 Å². The van der Waals surface area contributed by atoms with E-state index in [2.05, 4.69) is 56.7 Å². The Balaban J connectivity index is 0.725. The van der Waals surface area contributed by atoms with Gasteiger partial charge in [0.2, 0.25) is 23.6 Å². The molecule has 5 amide bonds. The van der Waals surface area contributed by atoms with Crippen LogP contribution in [0, 0.1) is 17.8 Å². The van der Waals surface area contributed by atoms with Crippen LogP contribution in [0.2, 0.25) is 5.02 Å². The quantitative estimate of drug-likeness (QED) is 0.0334. The van der Waals surface area contributed by atoms with Crippen LogP contribution in [0.4, 0.5) is 24.5 Å². The summed E-state index contributed by atoms with van der Waals surface area (Å²) in [6, 6.07) is 30.3. The second-order valence-corrected chi connectivity index (χ2v) is 34.6. The second kappa shape index (κ2) is 32.7. The van der Waals surface area contributed by atoms with Crippen LogP contribution in [0.25, 0.3) is 16.0 Å². The predicted molar refractivity (Wildman–Crippen MR) is 393 cm³/mol. The number of likely N-dealkylation sites (tertiary alicyclic amines) is 1. The summed E-state index contributed by atoms with van der Waals surface area (Å²) in [6.45, 7) is 19.0. The number of aromatic nitrogens is 1. The number of nitrogens with zero attached hydrogens (tertiary/aromatic N) is 6. The van der Waals surface area contributed by atoms with Crippen molar-refractivity contribution in [1.29, 1.82) is 0 Å². The molecule has 0 saturated carbocycles. The molecule has 4 aliphatic rings. The molecular formula is C74H90ClF3N10O10S4. The summed E-state index contributed by atoms with van der Waals surface area (Å²) in [4.78, 5) is 82.7. The third-order valence-electron chi connectivity index (χ3n) is 19.4. The van der Waals surface area contributed by atoms with Crippen molar-refractivity contribution in [3.05, 3.63) is 160 Å². The molecule has 0 spiro atoms. The van der Waals surface area contributed by atoms with Crippen LogP contribution in [0.5, 0.6) is 0 Å². The molecule has 1 aliphatic carbocycles. The Hall–Kier alpha value is -7.37. The maximum absolute atomic E-state index is 14.6. The van der Waals surface area contributed by atoms with Gasteiger partial charge >= 0.3 is 5.51 Å². The Labute approximate surface area is 609 Å². The number of anilines is 2. The lowest BCUT2D eigenvalue weighted by Gasteiger charge is -2.39. The van der Waals surface area contributed by atoms with Crippen molar-refractivity contribution < 1.29 is 59.1 Å². The normalized spacial score (nSPS) is 18.9. The first kappa shape index (κ1) is 77.2. The molecule has 4 heterocycles. The second-order valence-electron chi connectivity index (χ2n) is 28.6. The number of alkyl halides is 3. The van der Waals surface area contributed by atoms with Crippen molar-refractivity contribution in [2.75, 3.05) is 88.0 Å². The van der Waals surface area contributed by atoms with Gasteiger partial charge in [0.25, 0.3) is 25.8 Å². The average Bonchev–Trinajstić information content (AvgIpc) is 0.912. The lowest BCUT2D eigenvalue weighted by atomic mass is 9.73. The summed E-state index contributed by atoms with van der Waals surface area (Å²) in [5.74, 6) is -2.70. The van der Waals surface area contributed by atoms with Crippen LogP contribution in [0.1, 0.15) is 120 Å². The summed E-state index contributed by atoms with van der Waals surface area (Å²) >= 11 is 9.13. The molecule has 5 N–H and O–H groups in total. The minimum absolute atomic E-state index is 0.00381. The van der Waals surface area contributed by atoms with Crippen LogP contribution in [-0.4, -0.2) is 184 Å². The summed E-state index contributed by atoms with van der Waals surface area (Å²) in [6.07, 6.45) is 1.93. The van der Waals surface area contributed by atoms with Crippen LogP contribution in [0.3, 0.4) is 0 Å². The molecule has 548 valence electrons. The number of aryl methyl sites for hydroxylation is 1. The average molecular weight is 1500 g/mol. The van der Waals surface area contributed by atoms with Crippen molar-refractivity contribution in [2.45, 2.75) is 144 Å². The van der Waals surface area contributed by atoms with Gasteiger partial charge in [0.1, 0.15) is 17.0 Å². The zero-order valence-corrected chi connectivity index (χ0v) is 62.4. The molecular weight excluding hydrogens is 1410 g/mol. The van der Waals surface area contributed by atoms with Crippen molar-refractivity contribution in [2.24, 2.45) is 10.8 Å². The Kier molecular flexibility index (Phi) is 24.8. The molecule has 10 rings (SSSR count). The number of piperazine rings is 2. The van der Waals surface area contributed by atoms with E-state index in [0.29, 0.717) is 43.8 Å². The number of thioether (sulfide) groups is 1. The molecule has 6 aromatic rings. The van der Waals surface area contributed by atoms with Gasteiger partial charge < -0.3 is 35.8 Å². The molecule has 3 aliphatic heterocycles. The highest BCUT2D eigenvalue weighted by Gasteiger charge is 2.49. The van der Waals surface area contributed by atoms with Gasteiger partial charge in [0.15, 0.2) is 0 Å². The van der Waals surface area contributed by atoms with Gasteiger partial charge in [-0.3, -0.25) is 33.8 Å². The molecule has 20 nitrogen and oxygen atoms in total.